The van der Waals surface area contributed by atoms with Crippen LogP contribution >= 0.6 is 0 Å². The maximum Gasteiger partial charge on any atom is 0.296 e. The zero-order valence-electron chi connectivity index (χ0n) is 11.2. The lowest BCUT2D eigenvalue weighted by atomic mass is 10.2. The van der Waals surface area contributed by atoms with E-state index in [9.17, 15) is 20.0 Å². The van der Waals surface area contributed by atoms with Crippen LogP contribution in [-0.4, -0.2) is 35.2 Å². The Morgan fingerprint density at radius 3 is 2.95 bits per heavy atom. The van der Waals surface area contributed by atoms with Crippen molar-refractivity contribution in [2.45, 2.75) is 18.9 Å². The fourth-order valence-electron chi connectivity index (χ4n) is 2.27. The largest absolute Gasteiger partial charge is 0.481 e. The highest BCUT2D eigenvalue weighted by atomic mass is 16.6. The van der Waals surface area contributed by atoms with Gasteiger partial charge in [-0.05, 0) is 24.8 Å². The van der Waals surface area contributed by atoms with Gasteiger partial charge in [0.2, 0.25) is 0 Å². The lowest BCUT2D eigenvalue weighted by Gasteiger charge is -2.19. The van der Waals surface area contributed by atoms with Gasteiger partial charge in [0.05, 0.1) is 22.8 Å². The topological polar surface area (TPSA) is 114 Å². The number of benzene rings is 1. The number of carbonyl (C=O) groups is 1. The third-order valence-electron chi connectivity index (χ3n) is 3.60. The number of amides is 1. The number of ether oxygens (including phenoxy) is 1. The van der Waals surface area contributed by atoms with E-state index in [4.69, 9.17) is 4.74 Å². The van der Waals surface area contributed by atoms with E-state index in [1.165, 1.54) is 12.1 Å². The second-order valence-corrected chi connectivity index (χ2v) is 5.25. The summed E-state index contributed by atoms with van der Waals surface area (Å²) in [4.78, 5) is 21.9. The molecule has 0 bridgehead atoms. The molecule has 1 aliphatic carbocycles. The highest BCUT2D eigenvalue weighted by Crippen LogP contribution is 2.38. The van der Waals surface area contributed by atoms with Gasteiger partial charge in [-0.25, -0.2) is 0 Å². The van der Waals surface area contributed by atoms with Gasteiger partial charge in [-0.15, -0.1) is 0 Å². The standard InChI is InChI=1S/C13H15N3O5/c17-11(7-1-2-7)5-14-8-3-9-12(4-10(8)16(19)20)21-6-13(18)15-9/h3-4,7,11,14,17H,1-2,5-6H2,(H,15,18). The Kier molecular flexibility index (Phi) is 3.38. The first-order valence-corrected chi connectivity index (χ1v) is 6.71. The summed E-state index contributed by atoms with van der Waals surface area (Å²) in [5.41, 5.74) is 0.498. The van der Waals surface area contributed by atoms with Crippen molar-refractivity contribution < 1.29 is 19.6 Å². The van der Waals surface area contributed by atoms with Gasteiger partial charge in [-0.1, -0.05) is 0 Å². The Labute approximate surface area is 120 Å². The predicted molar refractivity (Wildman–Crippen MR) is 74.4 cm³/mol. The first-order valence-electron chi connectivity index (χ1n) is 6.71. The minimum absolute atomic E-state index is 0.145. The van der Waals surface area contributed by atoms with E-state index >= 15 is 0 Å². The van der Waals surface area contributed by atoms with E-state index in [0.717, 1.165) is 12.8 Å². The molecule has 1 aliphatic heterocycles. The summed E-state index contributed by atoms with van der Waals surface area (Å²) in [6.07, 6.45) is 1.45. The fourth-order valence-corrected chi connectivity index (χ4v) is 2.27. The maximum absolute atomic E-state index is 11.3. The molecule has 1 saturated carbocycles. The molecule has 3 rings (SSSR count). The Morgan fingerprint density at radius 2 is 2.29 bits per heavy atom. The molecule has 1 unspecified atom stereocenters. The van der Waals surface area contributed by atoms with Crippen LogP contribution in [0.25, 0.3) is 0 Å². The van der Waals surface area contributed by atoms with E-state index in [1.807, 2.05) is 0 Å². The van der Waals surface area contributed by atoms with Crippen molar-refractivity contribution >= 4 is 23.0 Å². The molecule has 1 fully saturated rings. The molecule has 1 aromatic rings. The fraction of sp³-hybridized carbons (Fsp3) is 0.462. The highest BCUT2D eigenvalue weighted by molar-refractivity contribution is 5.96. The monoisotopic (exact) mass is 293 g/mol. The van der Waals surface area contributed by atoms with Gasteiger partial charge in [0.1, 0.15) is 5.69 Å². The second-order valence-electron chi connectivity index (χ2n) is 5.25. The van der Waals surface area contributed by atoms with Crippen LogP contribution in [0, 0.1) is 16.0 Å². The number of anilines is 2. The van der Waals surface area contributed by atoms with Crippen molar-refractivity contribution in [3.05, 3.63) is 22.2 Å². The molecular formula is C13H15N3O5. The molecule has 1 amide bonds. The molecular weight excluding hydrogens is 278 g/mol. The van der Waals surface area contributed by atoms with Gasteiger partial charge in [-0.2, -0.15) is 0 Å². The van der Waals surface area contributed by atoms with Crippen LogP contribution in [0.1, 0.15) is 12.8 Å². The Hall–Kier alpha value is -2.35. The van der Waals surface area contributed by atoms with E-state index < -0.39 is 11.0 Å². The SMILES string of the molecule is O=C1COc2cc([N+](=O)[O-])c(NCC(O)C3CC3)cc2N1. The molecule has 112 valence electrons. The van der Waals surface area contributed by atoms with Gasteiger partial charge >= 0.3 is 0 Å². The Morgan fingerprint density at radius 1 is 1.52 bits per heavy atom. The zero-order valence-corrected chi connectivity index (χ0v) is 11.2. The van der Waals surface area contributed by atoms with E-state index in [2.05, 4.69) is 10.6 Å². The van der Waals surface area contributed by atoms with Gasteiger partial charge in [0.25, 0.3) is 11.6 Å². The number of rotatable bonds is 5. The number of hydrogen-bond donors (Lipinski definition) is 3. The van der Waals surface area contributed by atoms with Crippen LogP contribution in [0.4, 0.5) is 17.1 Å². The summed E-state index contributed by atoms with van der Waals surface area (Å²) in [6, 6.07) is 2.74. The summed E-state index contributed by atoms with van der Waals surface area (Å²) < 4.78 is 5.16. The Bertz CT molecular complexity index is 600. The third kappa shape index (κ3) is 2.89. The number of nitro groups is 1. The molecule has 0 spiro atoms. The van der Waals surface area contributed by atoms with E-state index in [1.54, 1.807) is 0 Å². The van der Waals surface area contributed by atoms with Gasteiger partial charge < -0.3 is 20.5 Å². The average molecular weight is 293 g/mol. The lowest BCUT2D eigenvalue weighted by Crippen LogP contribution is -2.26. The minimum atomic E-state index is -0.522. The zero-order chi connectivity index (χ0) is 15.0. The lowest BCUT2D eigenvalue weighted by molar-refractivity contribution is -0.384. The normalized spacial score (nSPS) is 18.2. The van der Waals surface area contributed by atoms with Gasteiger partial charge in [-0.3, -0.25) is 14.9 Å². The van der Waals surface area contributed by atoms with Crippen LogP contribution in [0.5, 0.6) is 5.75 Å². The molecule has 0 aromatic heterocycles. The Balaban J connectivity index is 1.84. The number of aliphatic hydroxyl groups excluding tert-OH is 1. The van der Waals surface area contributed by atoms with Crippen molar-refractivity contribution in [2.24, 2.45) is 5.92 Å². The van der Waals surface area contributed by atoms with E-state index in [-0.39, 0.29) is 42.1 Å². The second kappa shape index (κ2) is 5.21. The smallest absolute Gasteiger partial charge is 0.296 e. The summed E-state index contributed by atoms with van der Waals surface area (Å²) >= 11 is 0. The number of fused-ring (bicyclic) bond motifs is 1. The van der Waals surface area contributed by atoms with Gasteiger partial charge in [0.15, 0.2) is 12.4 Å². The van der Waals surface area contributed by atoms with E-state index in [0.29, 0.717) is 5.69 Å². The molecule has 8 nitrogen and oxygen atoms in total. The molecule has 8 heteroatoms. The first-order chi connectivity index (χ1) is 10.0. The van der Waals surface area contributed by atoms with Crippen LogP contribution < -0.4 is 15.4 Å². The summed E-state index contributed by atoms with van der Waals surface area (Å²) in [5, 5.41) is 26.4. The van der Waals surface area contributed by atoms with Crippen molar-refractivity contribution in [3.8, 4) is 5.75 Å². The minimum Gasteiger partial charge on any atom is -0.481 e. The third-order valence-corrected chi connectivity index (χ3v) is 3.60. The number of aliphatic hydroxyl groups is 1. The molecule has 3 N–H and O–H groups in total. The van der Waals surface area contributed by atoms with Crippen molar-refractivity contribution in [1.82, 2.24) is 0 Å². The molecule has 21 heavy (non-hydrogen) atoms. The number of nitro benzene ring substituents is 1. The molecule has 1 atom stereocenters. The number of carbonyl (C=O) groups excluding carboxylic acids is 1. The van der Waals surface area contributed by atoms with Gasteiger partial charge in [0, 0.05) is 6.54 Å². The summed E-state index contributed by atoms with van der Waals surface area (Å²) in [6.45, 7) is 0.0798. The molecule has 1 heterocycles. The quantitative estimate of drug-likeness (QED) is 0.553. The highest BCUT2D eigenvalue weighted by Gasteiger charge is 2.30. The number of nitrogens with zero attached hydrogens (tertiary/aromatic N) is 1. The van der Waals surface area contributed by atoms with Crippen molar-refractivity contribution in [1.29, 1.82) is 0 Å². The van der Waals surface area contributed by atoms with Crippen LogP contribution in [0.2, 0.25) is 0 Å². The summed E-state index contributed by atoms with van der Waals surface area (Å²) in [7, 11) is 0. The van der Waals surface area contributed by atoms with Crippen LogP contribution in [0.15, 0.2) is 12.1 Å². The molecule has 0 radical (unpaired) electrons. The predicted octanol–water partition coefficient (Wildman–Crippen LogP) is 1.11. The van der Waals surface area contributed by atoms with Crippen molar-refractivity contribution in [3.63, 3.8) is 0 Å². The average Bonchev–Trinajstić information content (AvgIpc) is 3.28. The van der Waals surface area contributed by atoms with Crippen molar-refractivity contribution in [2.75, 3.05) is 23.8 Å². The maximum atomic E-state index is 11.3. The van der Waals surface area contributed by atoms with Crippen LogP contribution in [-0.2, 0) is 4.79 Å². The number of nitrogens with one attached hydrogen (secondary N) is 2. The van der Waals surface area contributed by atoms with Crippen LogP contribution in [0.3, 0.4) is 0 Å². The molecule has 1 aromatic carbocycles. The number of hydrogen-bond acceptors (Lipinski definition) is 6. The first kappa shape index (κ1) is 13.6. The molecule has 2 aliphatic rings. The molecule has 0 saturated heterocycles. The summed E-state index contributed by atoms with van der Waals surface area (Å²) in [5.74, 6) is 0.243.